The van der Waals surface area contributed by atoms with Gasteiger partial charge in [0.15, 0.2) is 0 Å². The number of carbonyl (C=O) groups is 1. The smallest absolute Gasteiger partial charge is 0.304 e. The maximum atomic E-state index is 10.9. The molecule has 0 unspecified atom stereocenters. The number of nitrogens with zero attached hydrogens (tertiary/aromatic N) is 1. The summed E-state index contributed by atoms with van der Waals surface area (Å²) in [4.78, 5) is 13.3. The number of likely N-dealkylation sites (tertiary alicyclic amines) is 1. The molecule has 1 N–H and O–H groups in total. The molecule has 1 fully saturated rings. The summed E-state index contributed by atoms with van der Waals surface area (Å²) in [5.41, 5.74) is 2.20. The van der Waals surface area contributed by atoms with Crippen LogP contribution in [0.3, 0.4) is 0 Å². The van der Waals surface area contributed by atoms with Crippen LogP contribution in [0.25, 0.3) is 0 Å². The van der Waals surface area contributed by atoms with Crippen LogP contribution in [0, 0.1) is 0 Å². The van der Waals surface area contributed by atoms with Gasteiger partial charge in [0.1, 0.15) is 0 Å². The van der Waals surface area contributed by atoms with Gasteiger partial charge in [-0.1, -0.05) is 38.1 Å². The molecule has 1 heterocycles. The summed E-state index contributed by atoms with van der Waals surface area (Å²) in [6.45, 7) is 6.31. The Labute approximate surface area is 121 Å². The Morgan fingerprint density at radius 3 is 2.30 bits per heavy atom. The second-order valence-corrected chi connectivity index (χ2v) is 6.65. The highest BCUT2D eigenvalue weighted by atomic mass is 16.4. The minimum atomic E-state index is -0.741. The maximum absolute atomic E-state index is 10.9. The first-order valence-electron chi connectivity index (χ1n) is 7.39. The molecular weight excluding hydrogens is 250 g/mol. The van der Waals surface area contributed by atoms with E-state index < -0.39 is 5.97 Å². The Hall–Kier alpha value is -1.35. The molecule has 1 aliphatic heterocycles. The van der Waals surface area contributed by atoms with Crippen molar-refractivity contribution in [1.82, 2.24) is 4.90 Å². The molecule has 110 valence electrons. The summed E-state index contributed by atoms with van der Waals surface area (Å²) >= 11 is 0. The second-order valence-electron chi connectivity index (χ2n) is 6.65. The van der Waals surface area contributed by atoms with Crippen LogP contribution in [0.1, 0.15) is 50.2 Å². The van der Waals surface area contributed by atoms with Gasteiger partial charge in [-0.2, -0.15) is 0 Å². The predicted molar refractivity (Wildman–Crippen MR) is 81.2 cm³/mol. The SMILES string of the molecule is CN1CCC(c2ccc(C(C)(C)CC(=O)O)cc2)CC1. The average Bonchev–Trinajstić information content (AvgIpc) is 2.38. The Bertz CT molecular complexity index is 456. The number of hydrogen-bond acceptors (Lipinski definition) is 2. The van der Waals surface area contributed by atoms with Crippen LogP contribution < -0.4 is 0 Å². The van der Waals surface area contributed by atoms with E-state index in [9.17, 15) is 4.79 Å². The lowest BCUT2D eigenvalue weighted by Crippen LogP contribution is -2.29. The number of carboxylic acids is 1. The molecule has 0 aromatic heterocycles. The Morgan fingerprint density at radius 1 is 1.25 bits per heavy atom. The standard InChI is InChI=1S/C17H25NO2/c1-17(2,12-16(19)20)15-6-4-13(5-7-15)14-8-10-18(3)11-9-14/h4-7,14H,8-12H2,1-3H3,(H,19,20). The van der Waals surface area contributed by atoms with Crippen molar-refractivity contribution in [2.24, 2.45) is 0 Å². The van der Waals surface area contributed by atoms with Gasteiger partial charge < -0.3 is 10.0 Å². The van der Waals surface area contributed by atoms with Crippen LogP contribution in [0.2, 0.25) is 0 Å². The minimum absolute atomic E-state index is 0.167. The van der Waals surface area contributed by atoms with E-state index >= 15 is 0 Å². The van der Waals surface area contributed by atoms with E-state index in [1.165, 1.54) is 18.4 Å². The lowest BCUT2D eigenvalue weighted by atomic mass is 9.80. The van der Waals surface area contributed by atoms with Gasteiger partial charge in [-0.15, -0.1) is 0 Å². The number of carboxylic acid groups (broad SMARTS) is 1. The van der Waals surface area contributed by atoms with Crippen LogP contribution in [-0.4, -0.2) is 36.1 Å². The van der Waals surface area contributed by atoms with E-state index in [2.05, 4.69) is 36.2 Å². The third-order valence-electron chi connectivity index (χ3n) is 4.48. The summed E-state index contributed by atoms with van der Waals surface area (Å²) < 4.78 is 0. The largest absolute Gasteiger partial charge is 0.481 e. The van der Waals surface area contributed by atoms with E-state index in [1.807, 2.05) is 13.8 Å². The summed E-state index contributed by atoms with van der Waals surface area (Å²) in [6.07, 6.45) is 2.60. The molecule has 1 aromatic rings. The average molecular weight is 275 g/mol. The number of aliphatic carboxylic acids is 1. The zero-order valence-electron chi connectivity index (χ0n) is 12.7. The zero-order valence-corrected chi connectivity index (χ0v) is 12.7. The first-order chi connectivity index (χ1) is 9.38. The maximum Gasteiger partial charge on any atom is 0.304 e. The van der Waals surface area contributed by atoms with E-state index in [1.54, 1.807) is 0 Å². The van der Waals surface area contributed by atoms with Gasteiger partial charge in [0.05, 0.1) is 6.42 Å². The fourth-order valence-corrected chi connectivity index (χ4v) is 3.03. The topological polar surface area (TPSA) is 40.5 Å². The minimum Gasteiger partial charge on any atom is -0.481 e. The van der Waals surface area contributed by atoms with Crippen molar-refractivity contribution < 1.29 is 9.90 Å². The Balaban J connectivity index is 2.08. The Kier molecular flexibility index (Phi) is 4.48. The molecule has 1 aliphatic rings. The first-order valence-corrected chi connectivity index (χ1v) is 7.39. The molecule has 0 aliphatic carbocycles. The lowest BCUT2D eigenvalue weighted by molar-refractivity contribution is -0.138. The summed E-state index contributed by atoms with van der Waals surface area (Å²) in [5.74, 6) is -0.0859. The van der Waals surface area contributed by atoms with E-state index in [-0.39, 0.29) is 11.8 Å². The number of benzene rings is 1. The van der Waals surface area contributed by atoms with Crippen molar-refractivity contribution in [3.05, 3.63) is 35.4 Å². The number of hydrogen-bond donors (Lipinski definition) is 1. The van der Waals surface area contributed by atoms with Crippen molar-refractivity contribution in [1.29, 1.82) is 0 Å². The molecule has 0 bridgehead atoms. The van der Waals surface area contributed by atoms with E-state index in [0.29, 0.717) is 5.92 Å². The highest BCUT2D eigenvalue weighted by Crippen LogP contribution is 2.31. The fraction of sp³-hybridized carbons (Fsp3) is 0.588. The Morgan fingerprint density at radius 2 is 1.80 bits per heavy atom. The molecule has 0 amide bonds. The molecule has 2 rings (SSSR count). The molecular formula is C17H25NO2. The zero-order chi connectivity index (χ0) is 14.8. The molecule has 1 aromatic carbocycles. The number of piperidine rings is 1. The molecule has 0 saturated carbocycles. The monoisotopic (exact) mass is 275 g/mol. The first kappa shape index (κ1) is 15.0. The fourth-order valence-electron chi connectivity index (χ4n) is 3.03. The second kappa shape index (κ2) is 5.96. The van der Waals surface area contributed by atoms with Gasteiger partial charge in [-0.3, -0.25) is 4.79 Å². The van der Waals surface area contributed by atoms with Gasteiger partial charge in [0, 0.05) is 5.41 Å². The third kappa shape index (κ3) is 3.60. The van der Waals surface area contributed by atoms with Crippen LogP contribution >= 0.6 is 0 Å². The summed E-state index contributed by atoms with van der Waals surface area (Å²) in [6, 6.07) is 8.59. The molecule has 3 heteroatoms. The highest BCUT2D eigenvalue weighted by Gasteiger charge is 2.25. The quantitative estimate of drug-likeness (QED) is 0.917. The van der Waals surface area contributed by atoms with Gasteiger partial charge in [0.25, 0.3) is 0 Å². The molecule has 0 radical (unpaired) electrons. The normalized spacial score (nSPS) is 18.1. The molecule has 0 spiro atoms. The van der Waals surface area contributed by atoms with Gasteiger partial charge in [-0.25, -0.2) is 0 Å². The molecule has 1 saturated heterocycles. The van der Waals surface area contributed by atoms with Crippen LogP contribution in [-0.2, 0) is 10.2 Å². The highest BCUT2D eigenvalue weighted by molar-refractivity contribution is 5.68. The van der Waals surface area contributed by atoms with E-state index in [0.717, 1.165) is 18.7 Å². The summed E-state index contributed by atoms with van der Waals surface area (Å²) in [7, 11) is 2.17. The van der Waals surface area contributed by atoms with Crippen molar-refractivity contribution in [3.63, 3.8) is 0 Å². The molecule has 20 heavy (non-hydrogen) atoms. The van der Waals surface area contributed by atoms with Gasteiger partial charge >= 0.3 is 5.97 Å². The van der Waals surface area contributed by atoms with Crippen molar-refractivity contribution in [3.8, 4) is 0 Å². The summed E-state index contributed by atoms with van der Waals surface area (Å²) in [5, 5.41) is 8.99. The predicted octanol–water partition coefficient (Wildman–Crippen LogP) is 3.25. The van der Waals surface area contributed by atoms with Crippen LogP contribution in [0.4, 0.5) is 0 Å². The third-order valence-corrected chi connectivity index (χ3v) is 4.48. The van der Waals surface area contributed by atoms with Crippen molar-refractivity contribution >= 4 is 5.97 Å². The molecule has 3 nitrogen and oxygen atoms in total. The van der Waals surface area contributed by atoms with Gasteiger partial charge in [0.2, 0.25) is 0 Å². The van der Waals surface area contributed by atoms with Crippen LogP contribution in [0.5, 0.6) is 0 Å². The van der Waals surface area contributed by atoms with E-state index in [4.69, 9.17) is 5.11 Å². The lowest BCUT2D eigenvalue weighted by Gasteiger charge is -2.30. The number of rotatable bonds is 4. The van der Waals surface area contributed by atoms with Crippen molar-refractivity contribution in [2.45, 2.75) is 44.4 Å². The van der Waals surface area contributed by atoms with Crippen molar-refractivity contribution in [2.75, 3.05) is 20.1 Å². The molecule has 0 atom stereocenters. The van der Waals surface area contributed by atoms with Gasteiger partial charge in [-0.05, 0) is 50.0 Å². The van der Waals surface area contributed by atoms with Crippen LogP contribution in [0.15, 0.2) is 24.3 Å².